The Morgan fingerprint density at radius 3 is 2.73 bits per heavy atom. The van der Waals surface area contributed by atoms with E-state index in [1.807, 2.05) is 42.2 Å². The van der Waals surface area contributed by atoms with E-state index in [-0.39, 0.29) is 5.91 Å². The van der Waals surface area contributed by atoms with Gasteiger partial charge in [-0.05, 0) is 18.9 Å². The highest BCUT2D eigenvalue weighted by Crippen LogP contribution is 2.09. The van der Waals surface area contributed by atoms with Crippen LogP contribution in [0.5, 0.6) is 0 Å². The van der Waals surface area contributed by atoms with Crippen molar-refractivity contribution in [2.24, 2.45) is 0 Å². The maximum absolute atomic E-state index is 12.5. The van der Waals surface area contributed by atoms with E-state index in [1.54, 1.807) is 11.0 Å². The predicted octanol–water partition coefficient (Wildman–Crippen LogP) is 2.66. The second kappa shape index (κ2) is 8.12. The average Bonchev–Trinajstić information content (AvgIpc) is 3.00. The van der Waals surface area contributed by atoms with E-state index < -0.39 is 0 Å². The van der Waals surface area contributed by atoms with Crippen molar-refractivity contribution in [3.8, 4) is 0 Å². The molecule has 0 N–H and O–H groups in total. The van der Waals surface area contributed by atoms with Crippen molar-refractivity contribution in [3.05, 3.63) is 60.7 Å². The first-order valence-electron chi connectivity index (χ1n) is 7.43. The van der Waals surface area contributed by atoms with Gasteiger partial charge in [-0.1, -0.05) is 42.5 Å². The third-order valence-corrected chi connectivity index (χ3v) is 3.27. The van der Waals surface area contributed by atoms with Crippen molar-refractivity contribution < 1.29 is 4.79 Å². The van der Waals surface area contributed by atoms with Gasteiger partial charge in [0.15, 0.2) is 0 Å². The number of amides is 1. The van der Waals surface area contributed by atoms with E-state index in [4.69, 9.17) is 0 Å². The Morgan fingerprint density at radius 1 is 1.32 bits per heavy atom. The first-order chi connectivity index (χ1) is 10.6. The molecular formula is C17H22N4O. The van der Waals surface area contributed by atoms with Crippen molar-refractivity contribution in [2.45, 2.75) is 32.9 Å². The Kier molecular flexibility index (Phi) is 5.89. The van der Waals surface area contributed by atoms with Crippen LogP contribution in [0.4, 0.5) is 0 Å². The molecule has 0 aliphatic heterocycles. The second-order valence-electron chi connectivity index (χ2n) is 5.45. The SMILES string of the molecule is C=C(C)CN(Cc1ccccc1)C(=O)CCCn1cncn1. The molecule has 1 aromatic heterocycles. The van der Waals surface area contributed by atoms with Gasteiger partial charge < -0.3 is 4.90 Å². The highest BCUT2D eigenvalue weighted by Gasteiger charge is 2.13. The number of aromatic nitrogens is 3. The molecule has 2 aromatic rings. The van der Waals surface area contributed by atoms with Crippen molar-refractivity contribution in [2.75, 3.05) is 6.54 Å². The van der Waals surface area contributed by atoms with Crippen LogP contribution in [0.15, 0.2) is 55.1 Å². The molecule has 0 atom stereocenters. The molecule has 22 heavy (non-hydrogen) atoms. The lowest BCUT2D eigenvalue weighted by atomic mass is 10.1. The van der Waals surface area contributed by atoms with Crippen LogP contribution in [0.1, 0.15) is 25.3 Å². The molecule has 0 aliphatic carbocycles. The number of carbonyl (C=O) groups excluding carboxylic acids is 1. The normalized spacial score (nSPS) is 10.4. The van der Waals surface area contributed by atoms with E-state index in [0.717, 1.165) is 17.6 Å². The maximum Gasteiger partial charge on any atom is 0.223 e. The molecule has 0 unspecified atom stereocenters. The molecule has 0 radical (unpaired) electrons. The van der Waals surface area contributed by atoms with Gasteiger partial charge in [0.2, 0.25) is 5.91 Å². The Bertz CT molecular complexity index is 592. The van der Waals surface area contributed by atoms with Crippen LogP contribution in [0.25, 0.3) is 0 Å². The lowest BCUT2D eigenvalue weighted by molar-refractivity contribution is -0.131. The fraction of sp³-hybridized carbons (Fsp3) is 0.353. The highest BCUT2D eigenvalue weighted by atomic mass is 16.2. The topological polar surface area (TPSA) is 51.0 Å². The minimum atomic E-state index is 0.145. The standard InChI is InChI=1S/C17H22N4O/c1-15(2)11-20(12-16-7-4-3-5-8-16)17(22)9-6-10-21-14-18-13-19-21/h3-5,7-8,13-14H,1,6,9-12H2,2H3. The molecule has 5 heteroatoms. The fourth-order valence-electron chi connectivity index (χ4n) is 2.26. The van der Waals surface area contributed by atoms with Gasteiger partial charge in [0.05, 0.1) is 0 Å². The zero-order valence-corrected chi connectivity index (χ0v) is 13.0. The Balaban J connectivity index is 1.89. The van der Waals surface area contributed by atoms with Gasteiger partial charge in [-0.25, -0.2) is 4.98 Å². The Morgan fingerprint density at radius 2 is 2.09 bits per heavy atom. The van der Waals surface area contributed by atoms with E-state index >= 15 is 0 Å². The summed E-state index contributed by atoms with van der Waals surface area (Å²) in [6, 6.07) is 10.0. The first-order valence-corrected chi connectivity index (χ1v) is 7.43. The van der Waals surface area contributed by atoms with Gasteiger partial charge in [0.25, 0.3) is 0 Å². The number of rotatable bonds is 8. The van der Waals surface area contributed by atoms with Gasteiger partial charge in [0.1, 0.15) is 12.7 Å². The molecule has 5 nitrogen and oxygen atoms in total. The number of hydrogen-bond donors (Lipinski definition) is 0. The summed E-state index contributed by atoms with van der Waals surface area (Å²) >= 11 is 0. The molecule has 0 saturated heterocycles. The molecule has 2 rings (SSSR count). The van der Waals surface area contributed by atoms with Crippen LogP contribution < -0.4 is 0 Å². The smallest absolute Gasteiger partial charge is 0.223 e. The van der Waals surface area contributed by atoms with Crippen LogP contribution in [0, 0.1) is 0 Å². The molecule has 0 saturated carbocycles. The summed E-state index contributed by atoms with van der Waals surface area (Å²) in [5, 5.41) is 4.04. The van der Waals surface area contributed by atoms with Gasteiger partial charge in [-0.15, -0.1) is 0 Å². The number of benzene rings is 1. The van der Waals surface area contributed by atoms with Gasteiger partial charge in [-0.2, -0.15) is 5.10 Å². The molecule has 1 heterocycles. The summed E-state index contributed by atoms with van der Waals surface area (Å²) in [7, 11) is 0. The lowest BCUT2D eigenvalue weighted by Gasteiger charge is -2.23. The number of hydrogen-bond acceptors (Lipinski definition) is 3. The molecule has 0 bridgehead atoms. The summed E-state index contributed by atoms with van der Waals surface area (Å²) in [5.41, 5.74) is 2.12. The van der Waals surface area contributed by atoms with E-state index in [2.05, 4.69) is 16.7 Å². The molecule has 1 amide bonds. The summed E-state index contributed by atoms with van der Waals surface area (Å²) < 4.78 is 1.74. The third-order valence-electron chi connectivity index (χ3n) is 3.27. The van der Waals surface area contributed by atoms with E-state index in [1.165, 1.54) is 6.33 Å². The summed E-state index contributed by atoms with van der Waals surface area (Å²) in [4.78, 5) is 18.2. The number of nitrogens with zero attached hydrogens (tertiary/aromatic N) is 4. The zero-order chi connectivity index (χ0) is 15.8. The average molecular weight is 298 g/mol. The summed E-state index contributed by atoms with van der Waals surface area (Å²) in [6.45, 7) is 7.79. The number of carbonyl (C=O) groups is 1. The monoisotopic (exact) mass is 298 g/mol. The highest BCUT2D eigenvalue weighted by molar-refractivity contribution is 5.76. The zero-order valence-electron chi connectivity index (χ0n) is 13.0. The Hall–Kier alpha value is -2.43. The van der Waals surface area contributed by atoms with Crippen LogP contribution in [-0.4, -0.2) is 32.1 Å². The third kappa shape index (κ3) is 5.16. The maximum atomic E-state index is 12.5. The fourth-order valence-corrected chi connectivity index (χ4v) is 2.26. The Labute approximate surface area is 131 Å². The molecular weight excluding hydrogens is 276 g/mol. The first kappa shape index (κ1) is 15.9. The van der Waals surface area contributed by atoms with Crippen LogP contribution in [-0.2, 0) is 17.9 Å². The molecule has 0 spiro atoms. The molecule has 0 fully saturated rings. The van der Waals surface area contributed by atoms with Gasteiger partial charge in [-0.3, -0.25) is 9.48 Å². The second-order valence-corrected chi connectivity index (χ2v) is 5.45. The molecule has 116 valence electrons. The van der Waals surface area contributed by atoms with E-state index in [9.17, 15) is 4.79 Å². The van der Waals surface area contributed by atoms with Crippen molar-refractivity contribution in [1.29, 1.82) is 0 Å². The van der Waals surface area contributed by atoms with Crippen molar-refractivity contribution >= 4 is 5.91 Å². The molecule has 1 aromatic carbocycles. The summed E-state index contributed by atoms with van der Waals surface area (Å²) in [6.07, 6.45) is 4.42. The minimum Gasteiger partial charge on any atom is -0.334 e. The minimum absolute atomic E-state index is 0.145. The summed E-state index contributed by atoms with van der Waals surface area (Å²) in [5.74, 6) is 0.145. The van der Waals surface area contributed by atoms with Crippen molar-refractivity contribution in [3.63, 3.8) is 0 Å². The largest absolute Gasteiger partial charge is 0.334 e. The number of aryl methyl sites for hydroxylation is 1. The molecule has 0 aliphatic rings. The van der Waals surface area contributed by atoms with Crippen LogP contribution in [0.3, 0.4) is 0 Å². The predicted molar refractivity (Wildman–Crippen MR) is 85.9 cm³/mol. The quantitative estimate of drug-likeness (QED) is 0.704. The van der Waals surface area contributed by atoms with Crippen LogP contribution >= 0.6 is 0 Å². The van der Waals surface area contributed by atoms with E-state index in [0.29, 0.717) is 26.1 Å². The van der Waals surface area contributed by atoms with Gasteiger partial charge in [0, 0.05) is 26.1 Å². The van der Waals surface area contributed by atoms with Crippen molar-refractivity contribution in [1.82, 2.24) is 19.7 Å². The van der Waals surface area contributed by atoms with Crippen LogP contribution in [0.2, 0.25) is 0 Å². The van der Waals surface area contributed by atoms with Gasteiger partial charge >= 0.3 is 0 Å². The lowest BCUT2D eigenvalue weighted by Crippen LogP contribution is -2.31.